The van der Waals surface area contributed by atoms with E-state index in [0.717, 1.165) is 26.2 Å². The van der Waals surface area contributed by atoms with E-state index in [-0.39, 0.29) is 11.8 Å². The zero-order valence-corrected chi connectivity index (χ0v) is 15.6. The molecule has 0 aliphatic carbocycles. The molecule has 1 atom stereocenters. The number of anilines is 1. The Kier molecular flexibility index (Phi) is 5.61. The minimum absolute atomic E-state index is 0.0454. The van der Waals surface area contributed by atoms with E-state index in [0.29, 0.717) is 41.8 Å². The summed E-state index contributed by atoms with van der Waals surface area (Å²) in [6, 6.07) is 5.42. The zero-order chi connectivity index (χ0) is 18.0. The van der Waals surface area contributed by atoms with Gasteiger partial charge in [0.1, 0.15) is 0 Å². The van der Waals surface area contributed by atoms with Gasteiger partial charge in [0.05, 0.1) is 11.3 Å². The molecule has 7 heteroatoms. The van der Waals surface area contributed by atoms with Crippen LogP contribution in [0.3, 0.4) is 0 Å². The summed E-state index contributed by atoms with van der Waals surface area (Å²) < 4.78 is 0. The summed E-state index contributed by atoms with van der Waals surface area (Å²) in [7, 11) is 2.12. The number of carbonyl (C=O) groups is 2. The van der Waals surface area contributed by atoms with E-state index >= 15 is 0 Å². The number of halogens is 1. The van der Waals surface area contributed by atoms with Gasteiger partial charge >= 0.3 is 0 Å². The molecule has 1 N–H and O–H groups in total. The molecule has 25 heavy (non-hydrogen) atoms. The van der Waals surface area contributed by atoms with Crippen molar-refractivity contribution in [2.24, 2.45) is 0 Å². The smallest absolute Gasteiger partial charge is 0.256 e. The van der Waals surface area contributed by atoms with Crippen molar-refractivity contribution in [2.45, 2.75) is 19.4 Å². The second-order valence-corrected chi connectivity index (χ2v) is 7.23. The number of rotatable bonds is 3. The second kappa shape index (κ2) is 7.72. The number of fused-ring (bicyclic) bond motifs is 1. The van der Waals surface area contributed by atoms with Gasteiger partial charge in [-0.25, -0.2) is 0 Å². The maximum absolute atomic E-state index is 13.1. The van der Waals surface area contributed by atoms with E-state index in [2.05, 4.69) is 22.2 Å². The van der Waals surface area contributed by atoms with Crippen LogP contribution in [0.25, 0.3) is 0 Å². The molecule has 0 unspecified atom stereocenters. The van der Waals surface area contributed by atoms with E-state index in [1.54, 1.807) is 25.1 Å². The number of carbonyl (C=O) groups excluding carboxylic acids is 2. The number of likely N-dealkylation sites (N-methyl/N-ethyl adjacent to an activating group) is 1. The maximum atomic E-state index is 13.1. The highest BCUT2D eigenvalue weighted by Crippen LogP contribution is 2.24. The van der Waals surface area contributed by atoms with E-state index in [1.807, 2.05) is 4.90 Å². The van der Waals surface area contributed by atoms with Crippen molar-refractivity contribution in [1.29, 1.82) is 0 Å². The molecule has 2 heterocycles. The van der Waals surface area contributed by atoms with E-state index in [9.17, 15) is 9.59 Å². The highest BCUT2D eigenvalue weighted by molar-refractivity contribution is 6.31. The fourth-order valence-corrected chi connectivity index (χ4v) is 3.68. The number of benzene rings is 1. The van der Waals surface area contributed by atoms with Crippen LogP contribution < -0.4 is 5.32 Å². The van der Waals surface area contributed by atoms with Gasteiger partial charge in [0, 0.05) is 56.8 Å². The highest BCUT2D eigenvalue weighted by atomic mass is 35.5. The number of nitrogens with zero attached hydrogens (tertiary/aromatic N) is 3. The third-order valence-corrected chi connectivity index (χ3v) is 5.23. The first-order valence-electron chi connectivity index (χ1n) is 8.79. The Morgan fingerprint density at radius 2 is 1.96 bits per heavy atom. The first kappa shape index (κ1) is 18.2. The summed E-state index contributed by atoms with van der Waals surface area (Å²) in [5.74, 6) is -0.175. The minimum Gasteiger partial charge on any atom is -0.336 e. The molecule has 3 rings (SSSR count). The third kappa shape index (κ3) is 4.14. The Morgan fingerprint density at radius 1 is 1.20 bits per heavy atom. The molecule has 2 fully saturated rings. The fourth-order valence-electron chi connectivity index (χ4n) is 3.51. The predicted octanol–water partition coefficient (Wildman–Crippen LogP) is 1.76. The summed E-state index contributed by atoms with van der Waals surface area (Å²) in [6.07, 6.45) is 0.354. The number of nitrogens with one attached hydrogen (secondary N) is 1. The van der Waals surface area contributed by atoms with Gasteiger partial charge in [-0.05, 0) is 25.2 Å². The molecule has 2 saturated heterocycles. The topological polar surface area (TPSA) is 55.9 Å². The lowest BCUT2D eigenvalue weighted by molar-refractivity contribution is -0.115. The molecule has 0 bridgehead atoms. The van der Waals surface area contributed by atoms with Crippen LogP contribution in [0.1, 0.15) is 23.7 Å². The predicted molar refractivity (Wildman–Crippen MR) is 99.1 cm³/mol. The number of piperazine rings is 2. The molecule has 2 aliphatic heterocycles. The third-order valence-electron chi connectivity index (χ3n) is 4.99. The summed E-state index contributed by atoms with van der Waals surface area (Å²) in [6.45, 7) is 7.21. The van der Waals surface area contributed by atoms with E-state index in [4.69, 9.17) is 11.6 Å². The van der Waals surface area contributed by atoms with Crippen molar-refractivity contribution in [3.8, 4) is 0 Å². The maximum Gasteiger partial charge on any atom is 0.256 e. The Morgan fingerprint density at radius 3 is 2.72 bits per heavy atom. The van der Waals surface area contributed by atoms with Gasteiger partial charge in [-0.15, -0.1) is 0 Å². The van der Waals surface area contributed by atoms with Crippen molar-refractivity contribution in [2.75, 3.05) is 51.6 Å². The Labute approximate surface area is 153 Å². The normalized spacial score (nSPS) is 21.7. The van der Waals surface area contributed by atoms with Gasteiger partial charge in [-0.3, -0.25) is 14.5 Å². The zero-order valence-electron chi connectivity index (χ0n) is 14.8. The monoisotopic (exact) mass is 364 g/mol. The van der Waals surface area contributed by atoms with Crippen LogP contribution in [0.4, 0.5) is 5.69 Å². The number of amides is 2. The van der Waals surface area contributed by atoms with Gasteiger partial charge in [0.25, 0.3) is 5.91 Å². The molecule has 2 aliphatic rings. The van der Waals surface area contributed by atoms with Gasteiger partial charge in [-0.1, -0.05) is 18.5 Å². The van der Waals surface area contributed by atoms with Crippen molar-refractivity contribution in [3.63, 3.8) is 0 Å². The summed E-state index contributed by atoms with van der Waals surface area (Å²) in [5.41, 5.74) is 0.997. The van der Waals surface area contributed by atoms with Crippen molar-refractivity contribution in [1.82, 2.24) is 14.7 Å². The summed E-state index contributed by atoms with van der Waals surface area (Å²) >= 11 is 6.05. The molecule has 0 radical (unpaired) electrons. The molecule has 1 aromatic carbocycles. The van der Waals surface area contributed by atoms with Gasteiger partial charge in [0.15, 0.2) is 0 Å². The van der Waals surface area contributed by atoms with Crippen LogP contribution in [0, 0.1) is 0 Å². The van der Waals surface area contributed by atoms with E-state index in [1.165, 1.54) is 0 Å². The average molecular weight is 365 g/mol. The lowest BCUT2D eigenvalue weighted by Crippen LogP contribution is -2.62. The molecule has 0 spiro atoms. The van der Waals surface area contributed by atoms with Crippen LogP contribution in [-0.4, -0.2) is 78.9 Å². The Balaban J connectivity index is 1.77. The molecule has 1 aromatic rings. The number of hydrogen-bond donors (Lipinski definition) is 1. The van der Waals surface area contributed by atoms with Crippen LogP contribution in [0.2, 0.25) is 5.02 Å². The number of hydrogen-bond acceptors (Lipinski definition) is 4. The molecular formula is C18H25ClN4O2. The molecule has 0 saturated carbocycles. The van der Waals surface area contributed by atoms with Gasteiger partial charge in [-0.2, -0.15) is 0 Å². The van der Waals surface area contributed by atoms with Gasteiger partial charge < -0.3 is 15.1 Å². The summed E-state index contributed by atoms with van der Waals surface area (Å²) in [4.78, 5) is 31.5. The lowest BCUT2D eigenvalue weighted by Gasteiger charge is -2.46. The van der Waals surface area contributed by atoms with Crippen molar-refractivity contribution >= 4 is 29.1 Å². The minimum atomic E-state index is -0.130. The molecule has 6 nitrogen and oxygen atoms in total. The summed E-state index contributed by atoms with van der Waals surface area (Å²) in [5, 5.41) is 3.30. The highest BCUT2D eigenvalue weighted by Gasteiger charge is 2.33. The quantitative estimate of drug-likeness (QED) is 0.888. The lowest BCUT2D eigenvalue weighted by atomic mass is 10.1. The largest absolute Gasteiger partial charge is 0.336 e. The Bertz CT molecular complexity index is 666. The first-order valence-corrected chi connectivity index (χ1v) is 9.17. The Hall–Kier alpha value is -1.63. The van der Waals surface area contributed by atoms with Crippen LogP contribution in [-0.2, 0) is 4.79 Å². The molecule has 2 amide bonds. The standard InChI is InChI=1S/C18H25ClN4O2/c1-3-17(24)20-16-10-13(19)4-5-15(16)18(25)23-9-8-22-7-6-21(2)11-14(22)12-23/h4-5,10,14H,3,6-9,11-12H2,1-2H3,(H,20,24)/t14-/m0/s1. The van der Waals surface area contributed by atoms with Crippen LogP contribution in [0.5, 0.6) is 0 Å². The fraction of sp³-hybridized carbons (Fsp3) is 0.556. The van der Waals surface area contributed by atoms with Crippen LogP contribution in [0.15, 0.2) is 18.2 Å². The average Bonchev–Trinajstić information content (AvgIpc) is 2.60. The molecular weight excluding hydrogens is 340 g/mol. The van der Waals surface area contributed by atoms with Gasteiger partial charge in [0.2, 0.25) is 5.91 Å². The molecule has 0 aromatic heterocycles. The van der Waals surface area contributed by atoms with Crippen molar-refractivity contribution in [3.05, 3.63) is 28.8 Å². The first-order chi connectivity index (χ1) is 12.0. The SMILES string of the molecule is CCC(=O)Nc1cc(Cl)ccc1C(=O)N1CCN2CCN(C)C[C@H]2C1. The molecule has 136 valence electrons. The van der Waals surface area contributed by atoms with Crippen LogP contribution >= 0.6 is 11.6 Å². The van der Waals surface area contributed by atoms with E-state index < -0.39 is 0 Å². The van der Waals surface area contributed by atoms with Crippen molar-refractivity contribution < 1.29 is 9.59 Å². The second-order valence-electron chi connectivity index (χ2n) is 6.79.